The number of esters is 2. The first-order valence-corrected chi connectivity index (χ1v) is 27.2. The molecule has 430 valence electrons. The molecule has 4 rings (SSSR count). The molecule has 3 aliphatic rings. The third-order valence-electron chi connectivity index (χ3n) is 14.8. The molecule has 0 aliphatic carbocycles. The second-order valence-electron chi connectivity index (χ2n) is 22.4. The maximum atomic E-state index is 14.9. The Morgan fingerprint density at radius 3 is 2.03 bits per heavy atom. The lowest BCUT2D eigenvalue weighted by Gasteiger charge is -2.36. The molecule has 22 heteroatoms. The molecule has 3 aliphatic heterocycles. The predicted molar refractivity (Wildman–Crippen MR) is 281 cm³/mol. The van der Waals surface area contributed by atoms with Gasteiger partial charge in [0.05, 0.1) is 24.5 Å². The van der Waals surface area contributed by atoms with Gasteiger partial charge >= 0.3 is 11.9 Å². The normalized spacial score (nSPS) is 28.0. The zero-order chi connectivity index (χ0) is 57.7. The first-order valence-electron chi connectivity index (χ1n) is 27.2. The first-order chi connectivity index (χ1) is 36.1. The van der Waals surface area contributed by atoms with Crippen molar-refractivity contribution in [2.75, 3.05) is 20.1 Å². The van der Waals surface area contributed by atoms with Gasteiger partial charge < -0.3 is 60.8 Å². The van der Waals surface area contributed by atoms with Crippen molar-refractivity contribution in [1.82, 2.24) is 36.0 Å². The number of nitrogens with zero attached hydrogens (tertiary/aromatic N) is 3. The van der Waals surface area contributed by atoms with Gasteiger partial charge in [0, 0.05) is 26.6 Å². The monoisotopic (exact) mass is 1080 g/mol. The van der Waals surface area contributed by atoms with Gasteiger partial charge in [0.2, 0.25) is 35.4 Å². The fourth-order valence-corrected chi connectivity index (χ4v) is 10.1. The number of benzene rings is 1. The van der Waals surface area contributed by atoms with E-state index in [0.29, 0.717) is 24.8 Å². The number of likely N-dealkylation sites (N-methyl/N-ethyl adjacent to an activating group) is 1. The van der Waals surface area contributed by atoms with Crippen LogP contribution < -0.4 is 21.3 Å². The second-order valence-corrected chi connectivity index (χ2v) is 22.4. The number of fused-ring (bicyclic) bond motifs is 1. The maximum Gasteiger partial charge on any atom is 0.329 e. The van der Waals surface area contributed by atoms with Crippen LogP contribution in [0, 0.1) is 29.6 Å². The summed E-state index contributed by atoms with van der Waals surface area (Å²) in [6.07, 6.45) is -5.22. The molecule has 13 atom stereocenters. The van der Waals surface area contributed by atoms with Crippen molar-refractivity contribution in [2.45, 2.75) is 201 Å². The maximum absolute atomic E-state index is 14.9. The highest BCUT2D eigenvalue weighted by Crippen LogP contribution is 2.26. The highest BCUT2D eigenvalue weighted by molar-refractivity contribution is 6.05. The Kier molecular flexibility index (Phi) is 23.4. The highest BCUT2D eigenvalue weighted by Gasteiger charge is 2.45. The van der Waals surface area contributed by atoms with Gasteiger partial charge in [-0.05, 0) is 101 Å². The summed E-state index contributed by atoms with van der Waals surface area (Å²) in [6.45, 7) is 18.2. The van der Waals surface area contributed by atoms with E-state index >= 15 is 0 Å². The average Bonchev–Trinajstić information content (AvgIpc) is 4.07. The highest BCUT2D eigenvalue weighted by atomic mass is 16.6. The third kappa shape index (κ3) is 16.9. The summed E-state index contributed by atoms with van der Waals surface area (Å²) in [7, 11) is 1.39. The van der Waals surface area contributed by atoms with Crippen LogP contribution in [-0.4, -0.2) is 176 Å². The number of aromatic hydroxyl groups is 1. The number of cyclic esters (lactones) is 2. The standard InChI is InChI=1S/C55H85N7O15/c1-13-31(8)44-42(65)27-43(66)77-47(30(6)7)46(67)32(9)48(68)56-37(24-28(2)3)53(73)61-22-14-16-39(61)49(69)57-38(26-35-18-20-36(64)21-19-35)55(75)76-34(11)45(51(71)58-44)59-50(70)41(25-29(4)5)60(12)54(74)40-17-15-23-62(40)52(72)33(10)63/h18-21,28-34,37-42,44-45,47,63-65H,13-17,22-27H2,1-12H3,(H,56,68)(H,57,69)(H,58,71)(H,59,70)/t31-,32-,33-,34+,37-,38?,39-,40?,41+,42-,44+,45-,47-/m0/s1. The van der Waals surface area contributed by atoms with Crippen molar-refractivity contribution >= 4 is 59.1 Å². The van der Waals surface area contributed by atoms with Crippen LogP contribution in [0.1, 0.15) is 133 Å². The molecule has 0 bridgehead atoms. The van der Waals surface area contributed by atoms with Crippen molar-refractivity contribution in [3.63, 3.8) is 0 Å². The minimum Gasteiger partial charge on any atom is -0.508 e. The summed E-state index contributed by atoms with van der Waals surface area (Å²) in [6, 6.07) is -3.30. The van der Waals surface area contributed by atoms with E-state index in [2.05, 4.69) is 21.3 Å². The van der Waals surface area contributed by atoms with Crippen LogP contribution >= 0.6 is 0 Å². The minimum atomic E-state index is -1.78. The van der Waals surface area contributed by atoms with E-state index in [1.54, 1.807) is 27.7 Å². The van der Waals surface area contributed by atoms with E-state index < -0.39 is 150 Å². The predicted octanol–water partition coefficient (Wildman–Crippen LogP) is 1.67. The molecular weight excluding hydrogens is 999 g/mol. The summed E-state index contributed by atoms with van der Waals surface area (Å²) in [5.41, 5.74) is 0.462. The summed E-state index contributed by atoms with van der Waals surface area (Å²) in [5, 5.41) is 42.9. The van der Waals surface area contributed by atoms with E-state index in [0.717, 1.165) is 0 Å². The summed E-state index contributed by atoms with van der Waals surface area (Å²) in [5.74, 6) is -11.2. The largest absolute Gasteiger partial charge is 0.508 e. The number of ketones is 1. The van der Waals surface area contributed by atoms with Gasteiger partial charge in [-0.1, -0.05) is 73.9 Å². The van der Waals surface area contributed by atoms with Gasteiger partial charge in [-0.15, -0.1) is 0 Å². The lowest BCUT2D eigenvalue weighted by atomic mass is 9.91. The van der Waals surface area contributed by atoms with Crippen molar-refractivity contribution < 1.29 is 72.7 Å². The number of likely N-dealkylation sites (tertiary alicyclic amines) is 1. The number of amides is 7. The fourth-order valence-electron chi connectivity index (χ4n) is 10.1. The molecule has 3 fully saturated rings. The number of aliphatic hydroxyl groups is 2. The van der Waals surface area contributed by atoms with Gasteiger partial charge in [-0.25, -0.2) is 4.79 Å². The molecule has 2 unspecified atom stereocenters. The number of aliphatic hydroxyl groups excluding tert-OH is 2. The van der Waals surface area contributed by atoms with Crippen molar-refractivity contribution in [1.29, 1.82) is 0 Å². The Labute approximate surface area is 452 Å². The molecule has 22 nitrogen and oxygen atoms in total. The number of ether oxygens (including phenoxy) is 2. The number of rotatable bonds is 14. The minimum absolute atomic E-state index is 0.0620. The van der Waals surface area contributed by atoms with Crippen molar-refractivity contribution in [2.24, 2.45) is 29.6 Å². The molecule has 3 heterocycles. The molecular formula is C55H85N7O15. The molecule has 7 N–H and O–H groups in total. The number of carbonyl (C=O) groups excluding carboxylic acids is 10. The van der Waals surface area contributed by atoms with Gasteiger partial charge in [0.1, 0.15) is 54.2 Å². The Morgan fingerprint density at radius 2 is 1.44 bits per heavy atom. The molecule has 0 saturated carbocycles. The van der Waals surface area contributed by atoms with Crippen LogP contribution in [0.3, 0.4) is 0 Å². The average molecular weight is 1080 g/mol. The smallest absolute Gasteiger partial charge is 0.329 e. The van der Waals surface area contributed by atoms with E-state index in [9.17, 15) is 63.3 Å². The number of hydrogen-bond donors (Lipinski definition) is 7. The molecule has 1 aromatic carbocycles. The van der Waals surface area contributed by atoms with Crippen LogP contribution in [0.15, 0.2) is 24.3 Å². The Hall–Kier alpha value is -6.16. The van der Waals surface area contributed by atoms with E-state index in [1.807, 2.05) is 27.7 Å². The lowest BCUT2D eigenvalue weighted by Crippen LogP contribution is -2.62. The van der Waals surface area contributed by atoms with Crippen LogP contribution in [0.4, 0.5) is 0 Å². The summed E-state index contributed by atoms with van der Waals surface area (Å²) >= 11 is 0. The Morgan fingerprint density at radius 1 is 0.818 bits per heavy atom. The number of hydrogen-bond acceptors (Lipinski definition) is 15. The van der Waals surface area contributed by atoms with Crippen LogP contribution in [0.2, 0.25) is 0 Å². The van der Waals surface area contributed by atoms with E-state index in [-0.39, 0.29) is 62.8 Å². The number of phenols is 1. The topological polar surface area (TPSA) is 308 Å². The molecule has 0 aromatic heterocycles. The first kappa shape index (κ1) is 63.4. The van der Waals surface area contributed by atoms with Crippen LogP contribution in [0.25, 0.3) is 0 Å². The van der Waals surface area contributed by atoms with Gasteiger partial charge in [0.15, 0.2) is 11.9 Å². The second kappa shape index (κ2) is 28.5. The molecule has 0 spiro atoms. The van der Waals surface area contributed by atoms with Crippen LogP contribution in [0.5, 0.6) is 5.75 Å². The fraction of sp³-hybridized carbons (Fsp3) is 0.709. The Balaban J connectivity index is 1.85. The third-order valence-corrected chi connectivity index (χ3v) is 14.8. The van der Waals surface area contributed by atoms with Gasteiger partial charge in [-0.3, -0.25) is 43.2 Å². The van der Waals surface area contributed by atoms with E-state index in [1.165, 1.54) is 66.8 Å². The lowest BCUT2D eigenvalue weighted by molar-refractivity contribution is -0.162. The number of Topliss-reactive ketones (excluding diaryl/α,β-unsaturated/α-hetero) is 1. The van der Waals surface area contributed by atoms with Crippen molar-refractivity contribution in [3.05, 3.63) is 29.8 Å². The molecule has 77 heavy (non-hydrogen) atoms. The number of nitrogens with one attached hydrogen (secondary N) is 4. The van der Waals surface area contributed by atoms with E-state index in [4.69, 9.17) is 9.47 Å². The number of phenolic OH excluding ortho intramolecular Hbond substituents is 1. The molecule has 3 saturated heterocycles. The zero-order valence-corrected chi connectivity index (χ0v) is 46.9. The van der Waals surface area contributed by atoms with Crippen molar-refractivity contribution in [3.8, 4) is 5.75 Å². The Bertz CT molecular complexity index is 2270. The quantitative estimate of drug-likeness (QED) is 0.103. The van der Waals surface area contributed by atoms with Gasteiger partial charge in [-0.2, -0.15) is 0 Å². The molecule has 7 amide bonds. The summed E-state index contributed by atoms with van der Waals surface area (Å²) < 4.78 is 11.7. The number of carbonyl (C=O) groups is 10. The SMILES string of the molecule is CC[C@H](C)[C@H]1NC(=O)[C@@H](NC(=O)[C@@H](CC(C)C)N(C)C(=O)C2CCCN2C(=O)[C@H](C)O)[C@@H](C)OC(=O)C(Cc2ccc(O)cc2)NC(=O)[C@@H]2CCCN2C(=O)[C@H](CC(C)C)NC(=O)[C@@H](C)C(=O)[C@H](C(C)C)OC(=O)C[C@@H]1O. The summed E-state index contributed by atoms with van der Waals surface area (Å²) in [4.78, 5) is 146. The molecule has 1 aromatic rings. The molecule has 0 radical (unpaired) electrons. The van der Waals surface area contributed by atoms with Crippen LogP contribution in [-0.2, 0) is 63.8 Å². The zero-order valence-electron chi connectivity index (χ0n) is 46.9. The van der Waals surface area contributed by atoms with Gasteiger partial charge in [0.25, 0.3) is 5.91 Å².